The molecule has 50 heavy (non-hydrogen) atoms. The van der Waals surface area contributed by atoms with Crippen molar-refractivity contribution in [2.45, 2.75) is 161 Å². The number of aromatic nitrogens is 1. The molecule has 11 nitrogen and oxygen atoms in total. The molecule has 8 rings (SSSR count). The molecule has 3 saturated heterocycles. The van der Waals surface area contributed by atoms with Gasteiger partial charge in [-0.05, 0) is 102 Å². The molecule has 13 atom stereocenters. The highest BCUT2D eigenvalue weighted by Gasteiger charge is 2.63. The third-order valence-electron chi connectivity index (χ3n) is 13.7. The number of fused-ring (bicyclic) bond motifs is 6. The molecule has 0 N–H and O–H groups in total. The zero-order chi connectivity index (χ0) is 35.4. The highest BCUT2D eigenvalue weighted by Crippen LogP contribution is 2.69. The first-order chi connectivity index (χ1) is 23.6. The van der Waals surface area contributed by atoms with Gasteiger partial charge in [-0.25, -0.2) is 0 Å². The predicted molar refractivity (Wildman–Crippen MR) is 178 cm³/mol. The third-order valence-corrected chi connectivity index (χ3v) is 13.7. The first kappa shape index (κ1) is 34.9. The highest BCUT2D eigenvalue weighted by atomic mass is 16.8. The largest absolute Gasteiger partial charge is 0.462 e. The van der Waals surface area contributed by atoms with Crippen LogP contribution in [0, 0.1) is 34.5 Å². The van der Waals surface area contributed by atoms with Crippen molar-refractivity contribution in [1.82, 2.24) is 5.16 Å². The van der Waals surface area contributed by atoms with Crippen LogP contribution in [0.1, 0.15) is 118 Å². The molecule has 1 aromatic heterocycles. The quantitative estimate of drug-likeness (QED) is 0.233. The van der Waals surface area contributed by atoms with E-state index >= 15 is 0 Å². The number of ketones is 1. The van der Waals surface area contributed by atoms with Crippen molar-refractivity contribution in [2.75, 3.05) is 6.61 Å². The Morgan fingerprint density at radius 2 is 1.76 bits per heavy atom. The van der Waals surface area contributed by atoms with Gasteiger partial charge in [0.1, 0.15) is 42.9 Å². The van der Waals surface area contributed by atoms with E-state index in [4.69, 9.17) is 37.7 Å². The minimum Gasteiger partial charge on any atom is -0.462 e. The fraction of sp³-hybridized carbons (Fsp3) is 0.821. The average molecular weight is 698 g/mol. The second-order valence-corrected chi connectivity index (χ2v) is 17.6. The van der Waals surface area contributed by atoms with Gasteiger partial charge in [0.25, 0.3) is 0 Å². The standard InChI is InChI=1S/C39H55NO10/c1-20(41)31-26(17-28-25-10-9-22-15-23(45-21(2)42)11-13-38(22,7)27(25)12-14-39(28,31)8)29-16-24(50-40-29)18-43-33-32(30-19-44-36(3,4)47-30)46-35-34(33)48-37(5,6)49-35/h9,16,23,25-28,30-35H,10-15,17-19H2,1-8H3/t23-,25+,26-,27-,28-,30+,31-,32+,33-,34+,35+,38-,39-/m0/s1. The van der Waals surface area contributed by atoms with Gasteiger partial charge in [-0.2, -0.15) is 0 Å². The van der Waals surface area contributed by atoms with Crippen LogP contribution < -0.4 is 0 Å². The summed E-state index contributed by atoms with van der Waals surface area (Å²) in [6.45, 7) is 16.1. The summed E-state index contributed by atoms with van der Waals surface area (Å²) in [6.07, 6.45) is 7.05. The molecule has 6 fully saturated rings. The van der Waals surface area contributed by atoms with E-state index in [0.29, 0.717) is 30.1 Å². The molecule has 0 bridgehead atoms. The van der Waals surface area contributed by atoms with Gasteiger partial charge in [-0.3, -0.25) is 9.59 Å². The number of Topliss-reactive ketones (excluding diaryl/α,β-unsaturated/α-hetero) is 1. The van der Waals surface area contributed by atoms with E-state index in [0.717, 1.165) is 50.6 Å². The van der Waals surface area contributed by atoms with E-state index in [1.807, 2.05) is 33.8 Å². The molecule has 0 spiro atoms. The summed E-state index contributed by atoms with van der Waals surface area (Å²) in [7, 11) is 0. The number of nitrogens with zero attached hydrogens (tertiary/aromatic N) is 1. The zero-order valence-corrected chi connectivity index (χ0v) is 30.9. The van der Waals surface area contributed by atoms with Crippen LogP contribution in [0.25, 0.3) is 0 Å². The molecule has 4 aliphatic carbocycles. The predicted octanol–water partition coefficient (Wildman–Crippen LogP) is 6.38. The van der Waals surface area contributed by atoms with E-state index in [9.17, 15) is 9.59 Å². The van der Waals surface area contributed by atoms with Crippen LogP contribution in [0.2, 0.25) is 0 Å². The summed E-state index contributed by atoms with van der Waals surface area (Å²) in [6, 6.07) is 1.99. The van der Waals surface area contributed by atoms with E-state index in [1.54, 1.807) is 6.92 Å². The number of carbonyl (C=O) groups is 2. The number of ether oxygens (including phenoxy) is 7. The molecule has 276 valence electrons. The Balaban J connectivity index is 0.993. The Kier molecular flexibility index (Phi) is 8.52. The lowest BCUT2D eigenvalue weighted by Gasteiger charge is -2.58. The summed E-state index contributed by atoms with van der Waals surface area (Å²) in [5.74, 6) is 0.487. The summed E-state index contributed by atoms with van der Waals surface area (Å²) >= 11 is 0. The molecule has 0 radical (unpaired) electrons. The molecule has 4 heterocycles. The van der Waals surface area contributed by atoms with Gasteiger partial charge < -0.3 is 37.7 Å². The fourth-order valence-electron chi connectivity index (χ4n) is 11.7. The molecular weight excluding hydrogens is 642 g/mol. The SMILES string of the molecule is CC(=O)O[C@H]1CC[C@@]2(C)C(=CC[C@H]3[C@@H]4C[C@@H](c5cc(CO[C@@H]6[C@H]7OC(C)(C)O[C@H]7O[C@@H]6[C@H]6COC(C)(C)O6)on5)[C@H](C(C)=O)[C@@]4(C)CC[C@@H]32)C1. The number of esters is 1. The first-order valence-electron chi connectivity index (χ1n) is 18.8. The Bertz CT molecular complexity index is 1530. The zero-order valence-electron chi connectivity index (χ0n) is 30.9. The van der Waals surface area contributed by atoms with Gasteiger partial charge in [-0.15, -0.1) is 0 Å². The minimum absolute atomic E-state index is 0.0118. The lowest BCUT2D eigenvalue weighted by atomic mass is 9.47. The van der Waals surface area contributed by atoms with Gasteiger partial charge in [0, 0.05) is 31.2 Å². The maximum Gasteiger partial charge on any atom is 0.302 e. The van der Waals surface area contributed by atoms with Crippen molar-refractivity contribution < 1.29 is 47.3 Å². The molecule has 11 heteroatoms. The second kappa shape index (κ2) is 12.2. The number of rotatable bonds is 7. The van der Waals surface area contributed by atoms with E-state index in [2.05, 4.69) is 25.1 Å². The summed E-state index contributed by atoms with van der Waals surface area (Å²) in [4.78, 5) is 25.2. The third kappa shape index (κ3) is 5.82. The molecule has 3 saturated carbocycles. The van der Waals surface area contributed by atoms with Crippen LogP contribution in [0.5, 0.6) is 0 Å². The fourth-order valence-corrected chi connectivity index (χ4v) is 11.7. The molecule has 0 unspecified atom stereocenters. The summed E-state index contributed by atoms with van der Waals surface area (Å²) in [5.41, 5.74) is 2.31. The number of carbonyl (C=O) groups excluding carboxylic acids is 2. The summed E-state index contributed by atoms with van der Waals surface area (Å²) in [5, 5.41) is 4.59. The van der Waals surface area contributed by atoms with Crippen LogP contribution >= 0.6 is 0 Å². The minimum atomic E-state index is -0.792. The molecular formula is C39H55NO10. The maximum absolute atomic E-state index is 13.5. The Morgan fingerprint density at radius 1 is 0.960 bits per heavy atom. The van der Waals surface area contributed by atoms with Crippen LogP contribution in [-0.2, 0) is 49.4 Å². The first-order valence-corrected chi connectivity index (χ1v) is 18.8. The van der Waals surface area contributed by atoms with Crippen molar-refractivity contribution in [1.29, 1.82) is 0 Å². The lowest BCUT2D eigenvalue weighted by Crippen LogP contribution is -2.51. The lowest BCUT2D eigenvalue weighted by molar-refractivity contribution is -0.237. The molecule has 1 aromatic rings. The van der Waals surface area contributed by atoms with Crippen molar-refractivity contribution >= 4 is 11.8 Å². The molecule has 0 aromatic carbocycles. The smallest absolute Gasteiger partial charge is 0.302 e. The summed E-state index contributed by atoms with van der Waals surface area (Å²) < 4.78 is 48.7. The van der Waals surface area contributed by atoms with Crippen molar-refractivity contribution in [2.24, 2.45) is 34.5 Å². The van der Waals surface area contributed by atoms with Gasteiger partial charge >= 0.3 is 5.97 Å². The van der Waals surface area contributed by atoms with Crippen LogP contribution in [-0.4, -0.2) is 71.9 Å². The number of hydrogen-bond donors (Lipinski definition) is 0. The Labute approximate surface area is 295 Å². The van der Waals surface area contributed by atoms with E-state index in [1.165, 1.54) is 12.5 Å². The van der Waals surface area contributed by atoms with Crippen molar-refractivity contribution in [3.8, 4) is 0 Å². The van der Waals surface area contributed by atoms with Crippen LogP contribution in [0.3, 0.4) is 0 Å². The van der Waals surface area contributed by atoms with Crippen LogP contribution in [0.4, 0.5) is 0 Å². The highest BCUT2D eigenvalue weighted by molar-refractivity contribution is 5.81. The van der Waals surface area contributed by atoms with Gasteiger partial charge in [0.2, 0.25) is 0 Å². The topological polar surface area (TPSA) is 125 Å². The number of allylic oxidation sites excluding steroid dienone is 1. The maximum atomic E-state index is 13.5. The Morgan fingerprint density at radius 3 is 2.48 bits per heavy atom. The van der Waals surface area contributed by atoms with Crippen LogP contribution in [0.15, 0.2) is 22.2 Å². The average Bonchev–Trinajstić information content (AvgIpc) is 3.82. The Hall–Kier alpha value is -2.15. The normalized spacial score (nSPS) is 45.7. The molecule has 0 amide bonds. The van der Waals surface area contributed by atoms with E-state index in [-0.39, 0.29) is 53.2 Å². The van der Waals surface area contributed by atoms with Crippen molar-refractivity contribution in [3.05, 3.63) is 29.2 Å². The molecule has 3 aliphatic heterocycles. The van der Waals surface area contributed by atoms with Gasteiger partial charge in [0.05, 0.1) is 12.3 Å². The van der Waals surface area contributed by atoms with E-state index < -0.39 is 36.2 Å². The second-order valence-electron chi connectivity index (χ2n) is 17.6. The van der Waals surface area contributed by atoms with Gasteiger partial charge in [-0.1, -0.05) is 30.7 Å². The van der Waals surface area contributed by atoms with Gasteiger partial charge in [0.15, 0.2) is 23.6 Å². The number of hydrogen-bond acceptors (Lipinski definition) is 11. The van der Waals surface area contributed by atoms with Crippen molar-refractivity contribution in [3.63, 3.8) is 0 Å². The molecule has 7 aliphatic rings. The monoisotopic (exact) mass is 697 g/mol.